The molecule has 0 N–H and O–H groups in total. The predicted molar refractivity (Wildman–Crippen MR) is 79.9 cm³/mol. The van der Waals surface area contributed by atoms with Gasteiger partial charge in [0, 0.05) is 12.2 Å². The fraction of sp³-hybridized carbons (Fsp3) is 0.133. The molecule has 0 aliphatic carbocycles. The molecule has 1 amide bonds. The number of benzene rings is 2. The van der Waals surface area contributed by atoms with Gasteiger partial charge in [-0.05, 0) is 30.2 Å². The van der Waals surface area contributed by atoms with E-state index in [1.165, 1.54) is 12.1 Å². The van der Waals surface area contributed by atoms with Crippen LogP contribution in [0, 0.1) is 10.1 Å². The van der Waals surface area contributed by atoms with Crippen molar-refractivity contribution in [1.29, 1.82) is 0 Å². The molecule has 0 unspecified atom stereocenters. The van der Waals surface area contributed by atoms with Gasteiger partial charge in [0.25, 0.3) is 5.91 Å². The fourth-order valence-electron chi connectivity index (χ4n) is 2.57. The van der Waals surface area contributed by atoms with Crippen LogP contribution in [0.5, 0.6) is 0 Å². The Kier molecular flexibility index (Phi) is 3.35. The van der Waals surface area contributed by atoms with Crippen LogP contribution in [-0.2, 0) is 6.42 Å². The minimum atomic E-state index is -0.614. The maximum Gasteiger partial charge on any atom is 0.300 e. The number of nitro benzene ring substituents is 1. The molecule has 2 aromatic rings. The molecule has 0 radical (unpaired) electrons. The van der Waals surface area contributed by atoms with Gasteiger partial charge in [0.05, 0.1) is 4.92 Å². The summed E-state index contributed by atoms with van der Waals surface area (Å²) in [5.41, 5.74) is 1.55. The fourth-order valence-corrected chi connectivity index (χ4v) is 2.81. The Hall–Kier alpha value is -2.40. The summed E-state index contributed by atoms with van der Waals surface area (Å²) in [7, 11) is 0. The summed E-state index contributed by atoms with van der Waals surface area (Å²) in [6, 6.07) is 11.9. The quantitative estimate of drug-likeness (QED) is 0.630. The summed E-state index contributed by atoms with van der Waals surface area (Å²) in [6.45, 7) is 0.516. The van der Waals surface area contributed by atoms with E-state index in [1.807, 2.05) is 24.3 Å². The van der Waals surface area contributed by atoms with Crippen LogP contribution in [0.15, 0.2) is 42.5 Å². The lowest BCUT2D eigenvalue weighted by atomic mass is 10.1. The molecule has 106 valence electrons. The minimum absolute atomic E-state index is 0.0178. The van der Waals surface area contributed by atoms with E-state index in [4.69, 9.17) is 11.6 Å². The molecule has 0 saturated carbocycles. The second-order valence-electron chi connectivity index (χ2n) is 4.73. The Morgan fingerprint density at radius 1 is 1.19 bits per heavy atom. The molecule has 1 heterocycles. The molecular formula is C15H11ClN2O3. The Morgan fingerprint density at radius 2 is 1.95 bits per heavy atom. The van der Waals surface area contributed by atoms with Crippen molar-refractivity contribution in [1.82, 2.24) is 0 Å². The van der Waals surface area contributed by atoms with Crippen molar-refractivity contribution >= 4 is 28.9 Å². The number of para-hydroxylation sites is 2. The van der Waals surface area contributed by atoms with E-state index in [0.717, 1.165) is 17.7 Å². The second kappa shape index (κ2) is 5.18. The molecule has 2 aromatic carbocycles. The number of hydrogen-bond donors (Lipinski definition) is 0. The highest BCUT2D eigenvalue weighted by molar-refractivity contribution is 6.33. The zero-order valence-corrected chi connectivity index (χ0v) is 11.7. The SMILES string of the molecule is O=C(c1cccc(Cl)c1[N+](=O)[O-])N1CCc2ccccc21. The van der Waals surface area contributed by atoms with Crippen LogP contribution in [-0.4, -0.2) is 17.4 Å². The van der Waals surface area contributed by atoms with Crippen molar-refractivity contribution in [2.24, 2.45) is 0 Å². The molecule has 5 nitrogen and oxygen atoms in total. The summed E-state index contributed by atoms with van der Waals surface area (Å²) in [6.07, 6.45) is 0.746. The Morgan fingerprint density at radius 3 is 2.71 bits per heavy atom. The van der Waals surface area contributed by atoms with Crippen molar-refractivity contribution < 1.29 is 9.72 Å². The van der Waals surface area contributed by atoms with Crippen LogP contribution in [0.25, 0.3) is 0 Å². The van der Waals surface area contributed by atoms with Gasteiger partial charge in [0.15, 0.2) is 0 Å². The predicted octanol–water partition coefficient (Wildman–Crippen LogP) is 3.45. The normalized spacial score (nSPS) is 13.1. The zero-order valence-electron chi connectivity index (χ0n) is 11.0. The lowest BCUT2D eigenvalue weighted by Gasteiger charge is -2.17. The summed E-state index contributed by atoms with van der Waals surface area (Å²) >= 11 is 5.86. The maximum absolute atomic E-state index is 12.7. The zero-order chi connectivity index (χ0) is 15.0. The summed E-state index contributed by atoms with van der Waals surface area (Å²) in [5.74, 6) is -0.394. The third kappa shape index (κ3) is 2.25. The number of halogens is 1. The highest BCUT2D eigenvalue weighted by atomic mass is 35.5. The molecule has 6 heteroatoms. The van der Waals surface area contributed by atoms with Crippen LogP contribution in [0.3, 0.4) is 0 Å². The first kappa shape index (κ1) is 13.6. The monoisotopic (exact) mass is 302 g/mol. The highest BCUT2D eigenvalue weighted by Gasteiger charge is 2.31. The van der Waals surface area contributed by atoms with Gasteiger partial charge in [-0.15, -0.1) is 0 Å². The second-order valence-corrected chi connectivity index (χ2v) is 5.14. The Balaban J connectivity index is 2.05. The summed E-state index contributed by atoms with van der Waals surface area (Å²) < 4.78 is 0. The van der Waals surface area contributed by atoms with Gasteiger partial charge in [-0.1, -0.05) is 35.9 Å². The van der Waals surface area contributed by atoms with E-state index in [0.29, 0.717) is 6.54 Å². The number of amides is 1. The number of carbonyl (C=O) groups is 1. The molecule has 0 aromatic heterocycles. The van der Waals surface area contributed by atoms with E-state index in [-0.39, 0.29) is 16.3 Å². The molecule has 0 spiro atoms. The van der Waals surface area contributed by atoms with E-state index >= 15 is 0 Å². The molecule has 0 fully saturated rings. The summed E-state index contributed by atoms with van der Waals surface area (Å²) in [5, 5.41) is 11.1. The standard InChI is InChI=1S/C15H11ClN2O3/c16-12-6-3-5-11(14(12)18(20)21)15(19)17-9-8-10-4-1-2-7-13(10)17/h1-7H,8-9H2. The molecule has 0 saturated heterocycles. The third-order valence-electron chi connectivity index (χ3n) is 3.53. The average molecular weight is 303 g/mol. The van der Waals surface area contributed by atoms with Gasteiger partial charge in [0.1, 0.15) is 10.6 Å². The van der Waals surface area contributed by atoms with Crippen molar-refractivity contribution in [3.05, 3.63) is 68.7 Å². The number of nitrogens with zero attached hydrogens (tertiary/aromatic N) is 2. The van der Waals surface area contributed by atoms with Gasteiger partial charge in [0.2, 0.25) is 0 Å². The topological polar surface area (TPSA) is 63.4 Å². The maximum atomic E-state index is 12.7. The number of nitro groups is 1. The van der Waals surface area contributed by atoms with Crippen molar-refractivity contribution in [3.63, 3.8) is 0 Å². The largest absolute Gasteiger partial charge is 0.308 e. The Labute approximate surface area is 125 Å². The number of carbonyl (C=O) groups excluding carboxylic acids is 1. The van der Waals surface area contributed by atoms with Crippen molar-refractivity contribution in [3.8, 4) is 0 Å². The van der Waals surface area contributed by atoms with Crippen LogP contribution in [0.2, 0.25) is 5.02 Å². The van der Waals surface area contributed by atoms with Crippen LogP contribution in [0.1, 0.15) is 15.9 Å². The number of hydrogen-bond acceptors (Lipinski definition) is 3. The van der Waals surface area contributed by atoms with Crippen molar-refractivity contribution in [2.75, 3.05) is 11.4 Å². The third-order valence-corrected chi connectivity index (χ3v) is 3.84. The molecular weight excluding hydrogens is 292 g/mol. The molecule has 1 aliphatic heterocycles. The molecule has 21 heavy (non-hydrogen) atoms. The van der Waals surface area contributed by atoms with Crippen LogP contribution >= 0.6 is 11.6 Å². The highest BCUT2D eigenvalue weighted by Crippen LogP contribution is 2.33. The van der Waals surface area contributed by atoms with E-state index in [1.54, 1.807) is 11.0 Å². The molecule has 0 bridgehead atoms. The first-order valence-electron chi connectivity index (χ1n) is 6.42. The van der Waals surface area contributed by atoms with Gasteiger partial charge in [-0.2, -0.15) is 0 Å². The lowest BCUT2D eigenvalue weighted by molar-refractivity contribution is -0.385. The lowest BCUT2D eigenvalue weighted by Crippen LogP contribution is -2.29. The molecule has 3 rings (SSSR count). The van der Waals surface area contributed by atoms with Gasteiger partial charge in [-0.3, -0.25) is 14.9 Å². The van der Waals surface area contributed by atoms with Gasteiger partial charge >= 0.3 is 5.69 Å². The van der Waals surface area contributed by atoms with E-state index in [2.05, 4.69) is 0 Å². The summed E-state index contributed by atoms with van der Waals surface area (Å²) in [4.78, 5) is 24.8. The average Bonchev–Trinajstić information content (AvgIpc) is 2.89. The smallest absolute Gasteiger partial charge is 0.300 e. The Bertz CT molecular complexity index is 745. The first-order valence-corrected chi connectivity index (χ1v) is 6.80. The minimum Gasteiger partial charge on any atom is -0.308 e. The van der Waals surface area contributed by atoms with Gasteiger partial charge in [-0.25, -0.2) is 0 Å². The van der Waals surface area contributed by atoms with Gasteiger partial charge < -0.3 is 4.90 Å². The van der Waals surface area contributed by atoms with Crippen LogP contribution < -0.4 is 4.90 Å². The number of fused-ring (bicyclic) bond motifs is 1. The first-order chi connectivity index (χ1) is 10.1. The molecule has 1 aliphatic rings. The number of rotatable bonds is 2. The molecule has 0 atom stereocenters. The van der Waals surface area contributed by atoms with E-state index in [9.17, 15) is 14.9 Å². The van der Waals surface area contributed by atoms with E-state index < -0.39 is 10.8 Å². The number of anilines is 1. The van der Waals surface area contributed by atoms with Crippen molar-refractivity contribution in [2.45, 2.75) is 6.42 Å². The van der Waals surface area contributed by atoms with Crippen LogP contribution in [0.4, 0.5) is 11.4 Å².